The molecule has 1 fully saturated rings. The molecule has 0 bridgehead atoms. The maximum atomic E-state index is 11.9. The third kappa shape index (κ3) is 5.78. The molecule has 1 aliphatic heterocycles. The van der Waals surface area contributed by atoms with Gasteiger partial charge in [0.25, 0.3) is 0 Å². The highest BCUT2D eigenvalue weighted by Crippen LogP contribution is 2.20. The smallest absolute Gasteiger partial charge is 0.313 e. The minimum absolute atomic E-state index is 0.404. The lowest BCUT2D eigenvalue weighted by atomic mass is 9.97. The van der Waals surface area contributed by atoms with Crippen molar-refractivity contribution in [2.45, 2.75) is 12.8 Å². The Morgan fingerprint density at radius 3 is 2.62 bits per heavy atom. The van der Waals surface area contributed by atoms with Crippen molar-refractivity contribution in [2.24, 2.45) is 5.92 Å². The molecule has 1 aromatic carbocycles. The Labute approximate surface area is 147 Å². The Hall–Kier alpha value is -1.63. The van der Waals surface area contributed by atoms with Crippen LogP contribution in [0.25, 0.3) is 0 Å². The van der Waals surface area contributed by atoms with Crippen LogP contribution in [0.4, 0.5) is 5.69 Å². The highest BCUT2D eigenvalue weighted by atomic mass is 35.5. The molecule has 1 saturated heterocycles. The molecule has 24 heavy (non-hydrogen) atoms. The van der Waals surface area contributed by atoms with Gasteiger partial charge >= 0.3 is 11.8 Å². The second kappa shape index (κ2) is 9.61. The first-order valence-electron chi connectivity index (χ1n) is 8.15. The zero-order chi connectivity index (χ0) is 17.4. The van der Waals surface area contributed by atoms with E-state index in [-0.39, 0.29) is 0 Å². The summed E-state index contributed by atoms with van der Waals surface area (Å²) in [4.78, 5) is 26.2. The van der Waals surface area contributed by atoms with Gasteiger partial charge in [-0.1, -0.05) is 23.7 Å². The van der Waals surface area contributed by atoms with Crippen LogP contribution in [-0.2, 0) is 14.3 Å². The van der Waals surface area contributed by atoms with E-state index in [1.165, 1.54) is 0 Å². The van der Waals surface area contributed by atoms with Gasteiger partial charge in [-0.25, -0.2) is 0 Å². The number of rotatable bonds is 6. The summed E-state index contributed by atoms with van der Waals surface area (Å²) >= 11 is 5.96. The van der Waals surface area contributed by atoms with Crippen LogP contribution < -0.4 is 10.6 Å². The normalized spacial score (nSPS) is 15.9. The van der Waals surface area contributed by atoms with Gasteiger partial charge in [0.2, 0.25) is 0 Å². The first-order valence-corrected chi connectivity index (χ1v) is 8.53. The van der Waals surface area contributed by atoms with Gasteiger partial charge in [-0.3, -0.25) is 9.59 Å². The number of amides is 2. The number of anilines is 1. The molecule has 132 valence electrons. The zero-order valence-corrected chi connectivity index (χ0v) is 14.6. The van der Waals surface area contributed by atoms with Crippen molar-refractivity contribution in [2.75, 3.05) is 45.2 Å². The number of para-hydroxylation sites is 1. The van der Waals surface area contributed by atoms with E-state index in [1.54, 1.807) is 31.4 Å². The fourth-order valence-corrected chi connectivity index (χ4v) is 2.88. The molecule has 0 aromatic heterocycles. The van der Waals surface area contributed by atoms with E-state index in [1.807, 2.05) is 0 Å². The Morgan fingerprint density at radius 1 is 1.25 bits per heavy atom. The van der Waals surface area contributed by atoms with Crippen molar-refractivity contribution in [3.05, 3.63) is 29.3 Å². The molecule has 1 heterocycles. The van der Waals surface area contributed by atoms with Crippen molar-refractivity contribution in [3.8, 4) is 0 Å². The van der Waals surface area contributed by atoms with Crippen LogP contribution in [0.1, 0.15) is 12.8 Å². The lowest BCUT2D eigenvalue weighted by molar-refractivity contribution is -0.136. The Kier molecular flexibility index (Phi) is 7.49. The highest BCUT2D eigenvalue weighted by molar-refractivity contribution is 6.41. The van der Waals surface area contributed by atoms with Crippen molar-refractivity contribution in [3.63, 3.8) is 0 Å². The summed E-state index contributed by atoms with van der Waals surface area (Å²) < 4.78 is 5.08. The Balaban J connectivity index is 1.70. The minimum atomic E-state index is -0.694. The second-order valence-electron chi connectivity index (χ2n) is 5.92. The number of hydrogen-bond donors (Lipinski definition) is 2. The SMILES string of the molecule is COCCN1CCC(CNC(=O)C(=O)Nc2ccccc2Cl)CC1. The van der Waals surface area contributed by atoms with Gasteiger partial charge in [-0.2, -0.15) is 0 Å². The number of carbonyl (C=O) groups excluding carboxylic acids is 2. The molecule has 0 radical (unpaired) electrons. The summed E-state index contributed by atoms with van der Waals surface area (Å²) in [7, 11) is 1.70. The topological polar surface area (TPSA) is 70.7 Å². The molecule has 2 N–H and O–H groups in total. The molecule has 7 heteroatoms. The monoisotopic (exact) mass is 353 g/mol. The molecule has 0 aliphatic carbocycles. The van der Waals surface area contributed by atoms with Gasteiger partial charge in [-0.15, -0.1) is 0 Å². The summed E-state index contributed by atoms with van der Waals surface area (Å²) in [5.41, 5.74) is 0.436. The molecule has 0 atom stereocenters. The summed E-state index contributed by atoms with van der Waals surface area (Å²) in [6.45, 7) is 4.19. The molecule has 6 nitrogen and oxygen atoms in total. The van der Waals surface area contributed by atoms with Gasteiger partial charge in [0.15, 0.2) is 0 Å². The van der Waals surface area contributed by atoms with E-state index in [4.69, 9.17) is 16.3 Å². The Bertz CT molecular complexity index is 560. The van der Waals surface area contributed by atoms with E-state index in [0.717, 1.165) is 39.1 Å². The number of piperidine rings is 1. The molecule has 2 amide bonds. The molecule has 2 rings (SSSR count). The molecular weight excluding hydrogens is 330 g/mol. The van der Waals surface area contributed by atoms with Gasteiger partial charge in [-0.05, 0) is 44.0 Å². The number of likely N-dealkylation sites (tertiary alicyclic amines) is 1. The fraction of sp³-hybridized carbons (Fsp3) is 0.529. The quantitative estimate of drug-likeness (QED) is 0.764. The van der Waals surface area contributed by atoms with Crippen LogP contribution in [0.5, 0.6) is 0 Å². The molecule has 1 aliphatic rings. The summed E-state index contributed by atoms with van der Waals surface area (Å²) in [6.07, 6.45) is 2.02. The number of methoxy groups -OCH3 is 1. The van der Waals surface area contributed by atoms with Gasteiger partial charge in [0, 0.05) is 20.2 Å². The number of benzene rings is 1. The Morgan fingerprint density at radius 2 is 1.96 bits per heavy atom. The molecule has 0 unspecified atom stereocenters. The lowest BCUT2D eigenvalue weighted by Gasteiger charge is -2.31. The van der Waals surface area contributed by atoms with E-state index < -0.39 is 11.8 Å². The minimum Gasteiger partial charge on any atom is -0.383 e. The summed E-state index contributed by atoms with van der Waals surface area (Å²) in [5.74, 6) is -0.918. The third-order valence-corrected chi connectivity index (χ3v) is 4.53. The van der Waals surface area contributed by atoms with Crippen molar-refractivity contribution in [1.82, 2.24) is 10.2 Å². The molecule has 1 aromatic rings. The zero-order valence-electron chi connectivity index (χ0n) is 13.9. The predicted octanol–water partition coefficient (Wildman–Crippen LogP) is 1.75. The van der Waals surface area contributed by atoms with Crippen LogP contribution in [0.3, 0.4) is 0 Å². The largest absolute Gasteiger partial charge is 0.383 e. The van der Waals surface area contributed by atoms with Crippen LogP contribution in [-0.4, -0.2) is 56.6 Å². The number of nitrogens with one attached hydrogen (secondary N) is 2. The lowest BCUT2D eigenvalue weighted by Crippen LogP contribution is -2.42. The first-order chi connectivity index (χ1) is 11.6. The number of hydrogen-bond acceptors (Lipinski definition) is 4. The number of ether oxygens (including phenoxy) is 1. The van der Waals surface area contributed by atoms with Crippen molar-refractivity contribution >= 4 is 29.1 Å². The van der Waals surface area contributed by atoms with E-state index in [0.29, 0.717) is 23.2 Å². The molecule has 0 saturated carbocycles. The van der Waals surface area contributed by atoms with Gasteiger partial charge in [0.05, 0.1) is 17.3 Å². The van der Waals surface area contributed by atoms with Crippen LogP contribution in [0.15, 0.2) is 24.3 Å². The standard InChI is InChI=1S/C17H24ClN3O3/c1-24-11-10-21-8-6-13(7-9-21)12-19-16(22)17(23)20-15-5-3-2-4-14(15)18/h2-5,13H,6-12H2,1H3,(H,19,22)(H,20,23). The maximum absolute atomic E-state index is 11.9. The molecule has 0 spiro atoms. The van der Waals surface area contributed by atoms with Crippen molar-refractivity contribution < 1.29 is 14.3 Å². The van der Waals surface area contributed by atoms with Gasteiger partial charge < -0.3 is 20.3 Å². The summed E-state index contributed by atoms with van der Waals surface area (Å²) in [5, 5.41) is 5.64. The van der Waals surface area contributed by atoms with E-state index in [2.05, 4.69) is 15.5 Å². The van der Waals surface area contributed by atoms with Gasteiger partial charge in [0.1, 0.15) is 0 Å². The highest BCUT2D eigenvalue weighted by Gasteiger charge is 2.21. The van der Waals surface area contributed by atoms with Crippen LogP contribution in [0, 0.1) is 5.92 Å². The predicted molar refractivity (Wildman–Crippen MR) is 94.1 cm³/mol. The van der Waals surface area contributed by atoms with Crippen molar-refractivity contribution in [1.29, 1.82) is 0 Å². The average molecular weight is 354 g/mol. The maximum Gasteiger partial charge on any atom is 0.313 e. The van der Waals surface area contributed by atoms with Crippen LogP contribution >= 0.6 is 11.6 Å². The van der Waals surface area contributed by atoms with E-state index >= 15 is 0 Å². The summed E-state index contributed by atoms with van der Waals surface area (Å²) in [6, 6.07) is 6.82. The molecular formula is C17H24ClN3O3. The number of nitrogens with zero attached hydrogens (tertiary/aromatic N) is 1. The number of halogens is 1. The fourth-order valence-electron chi connectivity index (χ4n) is 2.69. The second-order valence-corrected chi connectivity index (χ2v) is 6.33. The van der Waals surface area contributed by atoms with E-state index in [9.17, 15) is 9.59 Å². The van der Waals surface area contributed by atoms with Crippen LogP contribution in [0.2, 0.25) is 5.02 Å². The number of carbonyl (C=O) groups is 2. The first kappa shape index (κ1) is 18.7. The third-order valence-electron chi connectivity index (χ3n) is 4.20. The average Bonchev–Trinajstić information content (AvgIpc) is 2.60.